The van der Waals surface area contributed by atoms with Crippen LogP contribution in [0.4, 0.5) is 10.1 Å². The van der Waals surface area contributed by atoms with E-state index >= 15 is 0 Å². The summed E-state index contributed by atoms with van der Waals surface area (Å²) < 4.78 is 14.9. The van der Waals surface area contributed by atoms with Gasteiger partial charge in [0.05, 0.1) is 11.2 Å². The average molecular weight is 422 g/mol. The maximum absolute atomic E-state index is 14.9. The van der Waals surface area contributed by atoms with Crippen LogP contribution in [0.1, 0.15) is 0 Å². The van der Waals surface area contributed by atoms with Crippen LogP contribution in [0.15, 0.2) is 67.4 Å². The highest BCUT2D eigenvalue weighted by atomic mass is 19.1. The molecule has 0 unspecified atom stereocenters. The van der Waals surface area contributed by atoms with Gasteiger partial charge in [-0.05, 0) is 47.5 Å². The molecule has 0 aliphatic carbocycles. The van der Waals surface area contributed by atoms with Gasteiger partial charge in [0.1, 0.15) is 11.2 Å². The molecule has 1 aromatic carbocycles. The molecule has 0 fully saturated rings. The normalized spacial score (nSPS) is 11.4. The van der Waals surface area contributed by atoms with Gasteiger partial charge in [-0.2, -0.15) is 5.10 Å². The van der Waals surface area contributed by atoms with Crippen molar-refractivity contribution in [2.45, 2.75) is 0 Å². The van der Waals surface area contributed by atoms with E-state index in [9.17, 15) is 4.39 Å². The maximum Gasteiger partial charge on any atom is 0.178 e. The third kappa shape index (κ3) is 2.87. The summed E-state index contributed by atoms with van der Waals surface area (Å²) in [5, 5.41) is 7.68. The van der Waals surface area contributed by atoms with Crippen LogP contribution in [-0.2, 0) is 0 Å². The fourth-order valence-electron chi connectivity index (χ4n) is 3.84. The molecule has 0 radical (unpaired) electrons. The number of fused-ring (bicyclic) bond motifs is 2. The summed E-state index contributed by atoms with van der Waals surface area (Å²) in [4.78, 5) is 20.5. The van der Waals surface area contributed by atoms with Crippen LogP contribution in [0.5, 0.6) is 0 Å². The number of hydrogen-bond donors (Lipinski definition) is 3. The van der Waals surface area contributed by atoms with Crippen molar-refractivity contribution in [3.63, 3.8) is 0 Å². The van der Waals surface area contributed by atoms with Crippen LogP contribution in [-0.4, -0.2) is 35.1 Å². The number of aromatic amines is 2. The highest BCUT2D eigenvalue weighted by Crippen LogP contribution is 2.33. The van der Waals surface area contributed by atoms with Crippen molar-refractivity contribution in [1.29, 1.82) is 0 Å². The zero-order valence-corrected chi connectivity index (χ0v) is 16.5. The molecule has 0 saturated carbocycles. The number of halogens is 1. The van der Waals surface area contributed by atoms with Crippen molar-refractivity contribution >= 4 is 27.8 Å². The number of nitrogens with one attached hydrogen (secondary N) is 2. The van der Waals surface area contributed by atoms with E-state index in [0.717, 1.165) is 16.6 Å². The molecule has 0 saturated heterocycles. The summed E-state index contributed by atoms with van der Waals surface area (Å²) in [7, 11) is 0. The molecule has 5 heterocycles. The Bertz CT molecular complexity index is 1600. The van der Waals surface area contributed by atoms with Crippen molar-refractivity contribution < 1.29 is 4.39 Å². The summed E-state index contributed by atoms with van der Waals surface area (Å²) >= 11 is 0. The van der Waals surface area contributed by atoms with E-state index in [2.05, 4.69) is 35.1 Å². The first-order chi connectivity index (χ1) is 15.7. The summed E-state index contributed by atoms with van der Waals surface area (Å²) in [6.45, 7) is 0. The van der Waals surface area contributed by atoms with Crippen LogP contribution < -0.4 is 5.73 Å². The SMILES string of the molecule is Nc1cncc(-c2cc(F)c3n[nH]c(-c4nc5nccc(-c6ccncc6)c5[nH]4)c3c2)c1. The van der Waals surface area contributed by atoms with Crippen LogP contribution in [0.2, 0.25) is 0 Å². The second-order valence-corrected chi connectivity index (χ2v) is 7.34. The summed E-state index contributed by atoms with van der Waals surface area (Å²) in [6, 6.07) is 10.8. The van der Waals surface area contributed by atoms with Crippen LogP contribution in [0, 0.1) is 5.82 Å². The Balaban J connectivity index is 1.54. The van der Waals surface area contributed by atoms with Crippen molar-refractivity contribution in [3.8, 4) is 33.8 Å². The number of aromatic nitrogens is 7. The Morgan fingerprint density at radius 2 is 1.75 bits per heavy atom. The van der Waals surface area contributed by atoms with Gasteiger partial charge in [0.25, 0.3) is 0 Å². The van der Waals surface area contributed by atoms with E-state index < -0.39 is 5.82 Å². The number of hydrogen-bond acceptors (Lipinski definition) is 6. The number of imidazole rings is 1. The molecule has 8 nitrogen and oxygen atoms in total. The van der Waals surface area contributed by atoms with E-state index in [4.69, 9.17) is 5.73 Å². The number of nitrogen functional groups attached to an aromatic ring is 1. The van der Waals surface area contributed by atoms with Gasteiger partial charge in [0, 0.05) is 47.5 Å². The van der Waals surface area contributed by atoms with E-state index in [0.29, 0.717) is 39.4 Å². The quantitative estimate of drug-likeness (QED) is 0.390. The highest BCUT2D eigenvalue weighted by molar-refractivity contribution is 5.97. The molecule has 9 heteroatoms. The molecule has 0 spiro atoms. The van der Waals surface area contributed by atoms with E-state index in [-0.39, 0.29) is 5.52 Å². The van der Waals surface area contributed by atoms with Gasteiger partial charge in [0.15, 0.2) is 17.3 Å². The molecular weight excluding hydrogens is 407 g/mol. The third-order valence-corrected chi connectivity index (χ3v) is 5.33. The average Bonchev–Trinajstić information content (AvgIpc) is 3.44. The van der Waals surface area contributed by atoms with Gasteiger partial charge in [-0.1, -0.05) is 0 Å². The van der Waals surface area contributed by atoms with Gasteiger partial charge in [-0.25, -0.2) is 14.4 Å². The topological polar surface area (TPSA) is 122 Å². The van der Waals surface area contributed by atoms with Gasteiger partial charge >= 0.3 is 0 Å². The van der Waals surface area contributed by atoms with Gasteiger partial charge in [0.2, 0.25) is 0 Å². The molecule has 0 aliphatic rings. The second-order valence-electron chi connectivity index (χ2n) is 7.34. The molecule has 0 amide bonds. The molecule has 6 aromatic rings. The molecule has 6 rings (SSSR count). The minimum absolute atomic E-state index is 0.225. The fraction of sp³-hybridized carbons (Fsp3) is 0. The van der Waals surface area contributed by atoms with Crippen molar-refractivity contribution in [3.05, 3.63) is 73.2 Å². The summed E-state index contributed by atoms with van der Waals surface area (Å²) in [6.07, 6.45) is 8.36. The highest BCUT2D eigenvalue weighted by Gasteiger charge is 2.18. The summed E-state index contributed by atoms with van der Waals surface area (Å²) in [5.74, 6) is 0.0629. The van der Waals surface area contributed by atoms with Crippen molar-refractivity contribution in [2.24, 2.45) is 0 Å². The summed E-state index contributed by atoms with van der Waals surface area (Å²) in [5.41, 5.74) is 11.7. The Labute approximate surface area is 180 Å². The van der Waals surface area contributed by atoms with Gasteiger partial charge < -0.3 is 10.7 Å². The Morgan fingerprint density at radius 1 is 0.875 bits per heavy atom. The van der Waals surface area contributed by atoms with Crippen molar-refractivity contribution in [2.75, 3.05) is 5.73 Å². The number of H-pyrrole nitrogens is 2. The third-order valence-electron chi connectivity index (χ3n) is 5.33. The molecular formula is C23H15FN8. The number of pyridine rings is 3. The molecule has 154 valence electrons. The fourth-order valence-corrected chi connectivity index (χ4v) is 3.84. The number of benzene rings is 1. The van der Waals surface area contributed by atoms with Crippen LogP contribution >= 0.6 is 0 Å². The largest absolute Gasteiger partial charge is 0.397 e. The minimum Gasteiger partial charge on any atom is -0.397 e. The zero-order valence-electron chi connectivity index (χ0n) is 16.5. The van der Waals surface area contributed by atoms with Gasteiger partial charge in [-0.15, -0.1) is 0 Å². The van der Waals surface area contributed by atoms with Crippen LogP contribution in [0.25, 0.3) is 55.8 Å². The Hall–Kier alpha value is -4.66. The van der Waals surface area contributed by atoms with E-state index in [1.807, 2.05) is 24.3 Å². The predicted octanol–water partition coefficient (Wildman–Crippen LogP) is 4.35. The second kappa shape index (κ2) is 6.95. The lowest BCUT2D eigenvalue weighted by atomic mass is 10.0. The van der Waals surface area contributed by atoms with Crippen molar-refractivity contribution in [1.82, 2.24) is 35.1 Å². The lowest BCUT2D eigenvalue weighted by Gasteiger charge is -2.04. The molecule has 4 N–H and O–H groups in total. The lowest BCUT2D eigenvalue weighted by Crippen LogP contribution is -1.89. The zero-order chi connectivity index (χ0) is 21.7. The molecule has 0 aliphatic heterocycles. The lowest BCUT2D eigenvalue weighted by molar-refractivity contribution is 0.636. The standard InChI is InChI=1S/C23H15FN8/c24-18-9-13(14-7-15(25)11-27-10-14)8-17-19(18)31-32-21(17)23-29-20-16(3-6-28-22(20)30-23)12-1-4-26-5-2-12/h1-11H,25H2,(H,31,32)(H,28,29,30). The van der Waals surface area contributed by atoms with E-state index in [1.165, 1.54) is 6.07 Å². The van der Waals surface area contributed by atoms with Gasteiger partial charge in [-0.3, -0.25) is 15.1 Å². The first-order valence-electron chi connectivity index (χ1n) is 9.81. The molecule has 0 bridgehead atoms. The Kier molecular flexibility index (Phi) is 3.94. The predicted molar refractivity (Wildman–Crippen MR) is 120 cm³/mol. The Morgan fingerprint density at radius 3 is 2.59 bits per heavy atom. The maximum atomic E-state index is 14.9. The first kappa shape index (κ1) is 18.1. The number of rotatable bonds is 3. The van der Waals surface area contributed by atoms with Crippen LogP contribution in [0.3, 0.4) is 0 Å². The smallest absolute Gasteiger partial charge is 0.178 e. The monoisotopic (exact) mass is 422 g/mol. The van der Waals surface area contributed by atoms with E-state index in [1.54, 1.807) is 37.1 Å². The first-order valence-corrected chi connectivity index (χ1v) is 9.81. The minimum atomic E-state index is -0.450. The number of anilines is 1. The molecule has 0 atom stereocenters. The molecule has 5 aromatic heterocycles. The number of nitrogens with two attached hydrogens (primary N) is 1. The number of nitrogens with zero attached hydrogens (tertiary/aromatic N) is 5. The molecule has 32 heavy (non-hydrogen) atoms.